The van der Waals surface area contributed by atoms with E-state index in [9.17, 15) is 22.8 Å². The lowest BCUT2D eigenvalue weighted by atomic mass is 9.76. The molecule has 0 unspecified atom stereocenters. The Hall–Kier alpha value is -4.01. The van der Waals surface area contributed by atoms with Crippen molar-refractivity contribution in [2.75, 3.05) is 6.26 Å². The summed E-state index contributed by atoms with van der Waals surface area (Å²) in [7, 11) is -3.61. The van der Waals surface area contributed by atoms with Crippen LogP contribution in [0.15, 0.2) is 76.0 Å². The average Bonchev–Trinajstić information content (AvgIpc) is 3.47. The first-order valence-electron chi connectivity index (χ1n) is 14.9. The molecule has 6 rings (SSSR count). The molecule has 1 fully saturated rings. The number of aromatic nitrogens is 2. The topological polar surface area (TPSA) is 164 Å². The maximum absolute atomic E-state index is 14.4. The highest BCUT2D eigenvalue weighted by Gasteiger charge is 2.49. The molecule has 2 heterocycles. The second-order valence-corrected chi connectivity index (χ2v) is 14.3. The minimum atomic E-state index is -3.61. The zero-order chi connectivity index (χ0) is 33.3. The molecule has 1 aromatic heterocycles. The number of H-pyrrole nitrogens is 1. The van der Waals surface area contributed by atoms with Crippen LogP contribution in [0.4, 0.5) is 0 Å². The summed E-state index contributed by atoms with van der Waals surface area (Å²) in [6, 6.07) is 16.6. The van der Waals surface area contributed by atoms with Crippen molar-refractivity contribution in [2.24, 2.45) is 0 Å². The van der Waals surface area contributed by atoms with Crippen LogP contribution < -0.4 is 16.0 Å². The second kappa shape index (κ2) is 13.6. The molecule has 3 N–H and O–H groups in total. The standard InChI is InChI=1S/C32H31Cl2N5O7S/c1-47(43,44)38-25-11-4-5-12-26(25)39-28(23-14-13-20(33)16-24(23)34)27(21-9-2-3-10-22(21)31(39)41)30(40)37-45-17-18-7-6-8-19(15-18)29-35-32(42)46-36-29/h2-3,6-10,13-16,25-28,38H,4-5,11-12,17H2,1H3,(H,37,40)(H,35,36,42)/t25-,26-,27+,28-/m0/s1. The van der Waals surface area contributed by atoms with Crippen molar-refractivity contribution in [2.45, 2.75) is 56.3 Å². The molecule has 0 radical (unpaired) electrons. The molecule has 3 aromatic carbocycles. The first-order chi connectivity index (χ1) is 22.5. The van der Waals surface area contributed by atoms with Gasteiger partial charge < -0.3 is 4.90 Å². The fraction of sp³-hybridized carbons (Fsp3) is 0.312. The molecule has 47 heavy (non-hydrogen) atoms. The Morgan fingerprint density at radius 2 is 1.83 bits per heavy atom. The molecule has 15 heteroatoms. The van der Waals surface area contributed by atoms with E-state index in [4.69, 9.17) is 28.0 Å². The summed E-state index contributed by atoms with van der Waals surface area (Å²) in [5, 5.41) is 4.33. The summed E-state index contributed by atoms with van der Waals surface area (Å²) in [5.74, 6) is -2.30. The number of nitrogens with zero attached hydrogens (tertiary/aromatic N) is 2. The van der Waals surface area contributed by atoms with Crippen LogP contribution in [-0.4, -0.2) is 53.6 Å². The van der Waals surface area contributed by atoms with Crippen LogP contribution in [0, 0.1) is 0 Å². The largest absolute Gasteiger partial charge is 0.439 e. The summed E-state index contributed by atoms with van der Waals surface area (Å²) in [6.07, 6.45) is 3.67. The molecule has 2 amide bonds. The molecule has 4 atom stereocenters. The van der Waals surface area contributed by atoms with Crippen LogP contribution in [-0.2, 0) is 26.3 Å². The minimum absolute atomic E-state index is 0.0337. The summed E-state index contributed by atoms with van der Waals surface area (Å²) in [5.41, 5.74) is 5.11. The highest BCUT2D eigenvalue weighted by atomic mass is 35.5. The van der Waals surface area contributed by atoms with Gasteiger partial charge in [0.15, 0.2) is 5.82 Å². The second-order valence-electron chi connectivity index (χ2n) is 11.6. The highest BCUT2D eigenvalue weighted by molar-refractivity contribution is 7.88. The van der Waals surface area contributed by atoms with E-state index in [1.54, 1.807) is 71.6 Å². The number of halogens is 2. The van der Waals surface area contributed by atoms with Gasteiger partial charge in [0.05, 0.1) is 24.8 Å². The lowest BCUT2D eigenvalue weighted by molar-refractivity contribution is -0.138. The third-order valence-electron chi connectivity index (χ3n) is 8.44. The number of rotatable bonds is 9. The van der Waals surface area contributed by atoms with Crippen LogP contribution in [0.5, 0.6) is 0 Å². The van der Waals surface area contributed by atoms with Crippen LogP contribution in [0.2, 0.25) is 10.0 Å². The van der Waals surface area contributed by atoms with Gasteiger partial charge in [0.2, 0.25) is 10.0 Å². The zero-order valence-corrected chi connectivity index (χ0v) is 27.4. The van der Waals surface area contributed by atoms with Gasteiger partial charge in [0.1, 0.15) is 0 Å². The van der Waals surface area contributed by atoms with E-state index in [1.807, 2.05) is 0 Å². The number of benzene rings is 3. The summed E-state index contributed by atoms with van der Waals surface area (Å²) in [4.78, 5) is 49.8. The van der Waals surface area contributed by atoms with Gasteiger partial charge in [-0.1, -0.05) is 83.7 Å². The number of sulfonamides is 1. The monoisotopic (exact) mass is 699 g/mol. The molecule has 2 aliphatic rings. The van der Waals surface area contributed by atoms with Gasteiger partial charge in [-0.25, -0.2) is 23.4 Å². The molecule has 1 aliphatic carbocycles. The Morgan fingerprint density at radius 3 is 2.57 bits per heavy atom. The van der Waals surface area contributed by atoms with Crippen molar-refractivity contribution in [1.82, 2.24) is 25.2 Å². The number of hydrogen-bond donors (Lipinski definition) is 3. The number of nitrogens with one attached hydrogen (secondary N) is 3. The van der Waals surface area contributed by atoms with Gasteiger partial charge in [0.25, 0.3) is 11.8 Å². The normalized spacial score (nSPS) is 21.3. The Balaban J connectivity index is 1.36. The van der Waals surface area contributed by atoms with E-state index in [1.165, 1.54) is 0 Å². The van der Waals surface area contributed by atoms with Gasteiger partial charge in [0, 0.05) is 33.3 Å². The molecule has 0 bridgehead atoms. The number of hydrogen-bond acceptors (Lipinski definition) is 8. The number of carbonyl (C=O) groups is 2. The van der Waals surface area contributed by atoms with Gasteiger partial charge >= 0.3 is 5.76 Å². The summed E-state index contributed by atoms with van der Waals surface area (Å²) >= 11 is 13.0. The third-order valence-corrected chi connectivity index (χ3v) is 9.74. The van der Waals surface area contributed by atoms with Gasteiger partial charge in [-0.3, -0.25) is 23.9 Å². The lowest BCUT2D eigenvalue weighted by Gasteiger charge is -2.49. The molecular formula is C32H31Cl2N5O7S. The van der Waals surface area contributed by atoms with E-state index >= 15 is 0 Å². The van der Waals surface area contributed by atoms with E-state index in [-0.39, 0.29) is 23.4 Å². The van der Waals surface area contributed by atoms with Crippen LogP contribution in [0.25, 0.3) is 11.4 Å². The fourth-order valence-corrected chi connectivity index (χ4v) is 7.89. The molecule has 0 spiro atoms. The van der Waals surface area contributed by atoms with Crippen LogP contribution in [0.1, 0.15) is 64.7 Å². The summed E-state index contributed by atoms with van der Waals surface area (Å²) in [6.45, 7) is -0.0337. The van der Waals surface area contributed by atoms with Crippen molar-refractivity contribution in [3.8, 4) is 11.4 Å². The van der Waals surface area contributed by atoms with Gasteiger partial charge in [-0.15, -0.1) is 0 Å². The maximum atomic E-state index is 14.4. The number of amides is 2. The Labute approximate surface area is 280 Å². The van der Waals surface area contributed by atoms with Gasteiger partial charge in [-0.05, 0) is 53.8 Å². The zero-order valence-electron chi connectivity index (χ0n) is 25.1. The smallest absolute Gasteiger partial charge is 0.326 e. The quantitative estimate of drug-likeness (QED) is 0.211. The number of fused-ring (bicyclic) bond motifs is 1. The third kappa shape index (κ3) is 7.14. The minimum Gasteiger partial charge on any atom is -0.326 e. The number of aromatic amines is 1. The van der Waals surface area contributed by atoms with Crippen LogP contribution >= 0.6 is 23.2 Å². The average molecular weight is 701 g/mol. The van der Waals surface area contributed by atoms with E-state index in [2.05, 4.69) is 24.9 Å². The van der Waals surface area contributed by atoms with Crippen LogP contribution in [0.3, 0.4) is 0 Å². The molecule has 246 valence electrons. The molecule has 0 saturated heterocycles. The van der Waals surface area contributed by atoms with Crippen molar-refractivity contribution in [3.05, 3.63) is 110 Å². The van der Waals surface area contributed by atoms with Crippen molar-refractivity contribution in [3.63, 3.8) is 0 Å². The molecule has 1 aliphatic heterocycles. The van der Waals surface area contributed by atoms with Crippen molar-refractivity contribution in [1.29, 1.82) is 0 Å². The highest BCUT2D eigenvalue weighted by Crippen LogP contribution is 2.47. The lowest BCUT2D eigenvalue weighted by Crippen LogP contribution is -2.59. The number of carbonyl (C=O) groups excluding carboxylic acids is 2. The SMILES string of the molecule is CS(=O)(=O)N[C@H]1CCCC[C@@H]1N1C(=O)c2ccccc2[C@@H](C(=O)NOCc2cccc(-c3noc(=O)[nH]3)c2)[C@@H]1c1ccc(Cl)cc1Cl. The van der Waals surface area contributed by atoms with Crippen molar-refractivity contribution < 1.29 is 27.4 Å². The molecule has 4 aromatic rings. The summed E-state index contributed by atoms with van der Waals surface area (Å²) < 4.78 is 32.1. The maximum Gasteiger partial charge on any atom is 0.439 e. The van der Waals surface area contributed by atoms with E-state index in [0.717, 1.165) is 19.1 Å². The Bertz CT molecular complexity index is 1980. The Kier molecular flexibility index (Phi) is 9.53. The first kappa shape index (κ1) is 32.9. The van der Waals surface area contributed by atoms with E-state index < -0.39 is 45.7 Å². The van der Waals surface area contributed by atoms with Crippen molar-refractivity contribution >= 4 is 45.0 Å². The molecular weight excluding hydrogens is 669 g/mol. The Morgan fingerprint density at radius 1 is 1.04 bits per heavy atom. The molecule has 12 nitrogen and oxygen atoms in total. The fourth-order valence-electron chi connectivity index (χ4n) is 6.54. The van der Waals surface area contributed by atoms with Gasteiger partial charge in [-0.2, -0.15) is 0 Å². The number of hydroxylamine groups is 1. The first-order valence-corrected chi connectivity index (χ1v) is 17.6. The predicted molar refractivity (Wildman–Crippen MR) is 174 cm³/mol. The van der Waals surface area contributed by atoms with E-state index in [0.29, 0.717) is 45.7 Å². The predicted octanol–water partition coefficient (Wildman–Crippen LogP) is 4.73. The molecule has 1 saturated carbocycles.